The first-order valence-electron chi connectivity index (χ1n) is 5.24. The average Bonchev–Trinajstić information content (AvgIpc) is 2.65. The summed E-state index contributed by atoms with van der Waals surface area (Å²) >= 11 is 0. The summed E-state index contributed by atoms with van der Waals surface area (Å²) < 4.78 is 2.04. The summed E-state index contributed by atoms with van der Waals surface area (Å²) in [5, 5.41) is 8.87. The lowest BCUT2D eigenvalue weighted by Gasteiger charge is -2.27. The van der Waals surface area contributed by atoms with Gasteiger partial charge >= 0.3 is 0 Å². The van der Waals surface area contributed by atoms with Crippen LogP contribution in [0.1, 0.15) is 44.5 Å². The normalized spacial score (nSPS) is 27.1. The highest BCUT2D eigenvalue weighted by Gasteiger charge is 2.21. The lowest BCUT2D eigenvalue weighted by atomic mass is 9.87. The van der Waals surface area contributed by atoms with Gasteiger partial charge < -0.3 is 4.57 Å². The molecule has 0 aromatic carbocycles. The van der Waals surface area contributed by atoms with Crippen LogP contribution in [-0.2, 0) is 0 Å². The first-order valence-corrected chi connectivity index (χ1v) is 5.24. The van der Waals surface area contributed by atoms with Crippen LogP contribution in [-0.4, -0.2) is 9.55 Å². The zero-order chi connectivity index (χ0) is 9.97. The number of rotatable bonds is 1. The van der Waals surface area contributed by atoms with Crippen molar-refractivity contribution < 1.29 is 0 Å². The van der Waals surface area contributed by atoms with Crippen LogP contribution in [0.2, 0.25) is 0 Å². The summed E-state index contributed by atoms with van der Waals surface area (Å²) in [6.45, 7) is 2.29. The first kappa shape index (κ1) is 9.26. The van der Waals surface area contributed by atoms with Crippen LogP contribution in [0.15, 0.2) is 12.4 Å². The molecule has 0 aliphatic heterocycles. The van der Waals surface area contributed by atoms with Gasteiger partial charge in [0.25, 0.3) is 0 Å². The second kappa shape index (κ2) is 3.83. The van der Waals surface area contributed by atoms with Crippen molar-refractivity contribution in [1.82, 2.24) is 9.55 Å². The zero-order valence-corrected chi connectivity index (χ0v) is 8.48. The summed E-state index contributed by atoms with van der Waals surface area (Å²) in [5.41, 5.74) is 0. The minimum Gasteiger partial charge on any atom is -0.320 e. The molecule has 0 N–H and O–H groups in total. The van der Waals surface area contributed by atoms with E-state index in [1.54, 1.807) is 6.20 Å². The maximum Gasteiger partial charge on any atom is 0.212 e. The van der Waals surface area contributed by atoms with Gasteiger partial charge in [-0.3, -0.25) is 0 Å². The molecule has 0 spiro atoms. The van der Waals surface area contributed by atoms with Crippen LogP contribution in [0.5, 0.6) is 0 Å². The van der Waals surface area contributed by atoms with E-state index in [9.17, 15) is 0 Å². The Labute approximate surface area is 84.4 Å². The molecule has 0 radical (unpaired) electrons. The molecule has 3 nitrogen and oxygen atoms in total. The molecule has 14 heavy (non-hydrogen) atoms. The minimum atomic E-state index is 0.496. The largest absolute Gasteiger partial charge is 0.320 e. The summed E-state index contributed by atoms with van der Waals surface area (Å²) in [7, 11) is 0. The van der Waals surface area contributed by atoms with E-state index in [-0.39, 0.29) is 0 Å². The Balaban J connectivity index is 2.18. The lowest BCUT2D eigenvalue weighted by Crippen LogP contribution is -2.18. The molecule has 1 saturated carbocycles. The van der Waals surface area contributed by atoms with Gasteiger partial charge in [-0.25, -0.2) is 4.98 Å². The summed E-state index contributed by atoms with van der Waals surface area (Å²) in [6, 6.07) is 2.64. The van der Waals surface area contributed by atoms with Crippen LogP contribution in [0.3, 0.4) is 0 Å². The van der Waals surface area contributed by atoms with Gasteiger partial charge in [-0.15, -0.1) is 0 Å². The van der Waals surface area contributed by atoms with E-state index in [0.29, 0.717) is 11.9 Å². The summed E-state index contributed by atoms with van der Waals surface area (Å²) in [4.78, 5) is 4.04. The van der Waals surface area contributed by atoms with Crippen LogP contribution in [0.4, 0.5) is 0 Å². The second-order valence-corrected chi connectivity index (χ2v) is 4.20. The summed E-state index contributed by atoms with van der Waals surface area (Å²) in [6.07, 6.45) is 8.63. The topological polar surface area (TPSA) is 41.6 Å². The molecule has 1 heterocycles. The molecule has 1 aromatic rings. The Morgan fingerprint density at radius 2 is 2.43 bits per heavy atom. The lowest BCUT2D eigenvalue weighted by molar-refractivity contribution is 0.281. The predicted octanol–water partition coefficient (Wildman–Crippen LogP) is 2.51. The van der Waals surface area contributed by atoms with E-state index in [0.717, 1.165) is 5.92 Å². The fraction of sp³-hybridized carbons (Fsp3) is 0.636. The number of nitrogens with zero attached hydrogens (tertiary/aromatic N) is 3. The van der Waals surface area contributed by atoms with Gasteiger partial charge in [0.05, 0.1) is 0 Å². The van der Waals surface area contributed by atoms with Gasteiger partial charge in [0.15, 0.2) is 0 Å². The third kappa shape index (κ3) is 1.65. The van der Waals surface area contributed by atoms with E-state index >= 15 is 0 Å². The molecule has 0 saturated heterocycles. The zero-order valence-electron chi connectivity index (χ0n) is 8.48. The highest BCUT2D eigenvalue weighted by Crippen LogP contribution is 2.32. The Bertz CT molecular complexity index is 348. The van der Waals surface area contributed by atoms with Crippen molar-refractivity contribution in [1.29, 1.82) is 5.26 Å². The van der Waals surface area contributed by atoms with Crippen molar-refractivity contribution in [2.24, 2.45) is 5.92 Å². The van der Waals surface area contributed by atoms with Crippen LogP contribution in [0, 0.1) is 17.2 Å². The molecule has 1 fully saturated rings. The molecule has 3 heteroatoms. The van der Waals surface area contributed by atoms with E-state index in [4.69, 9.17) is 5.26 Å². The first-order chi connectivity index (χ1) is 6.81. The van der Waals surface area contributed by atoms with Crippen molar-refractivity contribution in [3.8, 4) is 6.07 Å². The van der Waals surface area contributed by atoms with Crippen molar-refractivity contribution in [3.63, 3.8) is 0 Å². The highest BCUT2D eigenvalue weighted by molar-refractivity contribution is 5.12. The minimum absolute atomic E-state index is 0.496. The number of aromatic nitrogens is 2. The van der Waals surface area contributed by atoms with Crippen LogP contribution < -0.4 is 0 Å². The molecule has 1 aliphatic rings. The molecule has 0 bridgehead atoms. The third-order valence-electron chi connectivity index (χ3n) is 3.07. The molecule has 2 unspecified atom stereocenters. The quantitative estimate of drug-likeness (QED) is 0.681. The second-order valence-electron chi connectivity index (χ2n) is 4.20. The van der Waals surface area contributed by atoms with Crippen molar-refractivity contribution in [2.75, 3.05) is 0 Å². The molecule has 1 aliphatic carbocycles. The van der Waals surface area contributed by atoms with E-state index in [2.05, 4.69) is 18.0 Å². The van der Waals surface area contributed by atoms with E-state index in [1.807, 2.05) is 10.8 Å². The predicted molar refractivity (Wildman–Crippen MR) is 53.6 cm³/mol. The maximum absolute atomic E-state index is 8.87. The average molecular weight is 189 g/mol. The standard InChI is InChI=1S/C11H15N3/c1-9-3-2-4-10(7-9)14-6-5-13-11(14)8-12/h5-6,9-10H,2-4,7H2,1H3. The molecular weight excluding hydrogens is 174 g/mol. The Hall–Kier alpha value is -1.30. The van der Waals surface area contributed by atoms with Crippen molar-refractivity contribution in [2.45, 2.75) is 38.6 Å². The fourth-order valence-electron chi connectivity index (χ4n) is 2.35. The number of hydrogen-bond donors (Lipinski definition) is 0. The smallest absolute Gasteiger partial charge is 0.212 e. The molecule has 2 rings (SSSR count). The number of nitriles is 1. The number of hydrogen-bond acceptors (Lipinski definition) is 2. The van der Waals surface area contributed by atoms with E-state index in [1.165, 1.54) is 25.7 Å². The Kier molecular flexibility index (Phi) is 2.53. The maximum atomic E-state index is 8.87. The van der Waals surface area contributed by atoms with Gasteiger partial charge in [0.1, 0.15) is 6.07 Å². The van der Waals surface area contributed by atoms with Gasteiger partial charge in [-0.2, -0.15) is 5.26 Å². The van der Waals surface area contributed by atoms with Gasteiger partial charge in [-0.1, -0.05) is 19.8 Å². The van der Waals surface area contributed by atoms with E-state index < -0.39 is 0 Å². The van der Waals surface area contributed by atoms with Crippen LogP contribution in [0.25, 0.3) is 0 Å². The Morgan fingerprint density at radius 1 is 1.57 bits per heavy atom. The molecule has 0 amide bonds. The molecule has 74 valence electrons. The van der Waals surface area contributed by atoms with Crippen LogP contribution >= 0.6 is 0 Å². The highest BCUT2D eigenvalue weighted by atomic mass is 15.1. The monoisotopic (exact) mass is 189 g/mol. The number of imidazole rings is 1. The third-order valence-corrected chi connectivity index (χ3v) is 3.07. The molecule has 1 aromatic heterocycles. The Morgan fingerprint density at radius 3 is 3.14 bits per heavy atom. The van der Waals surface area contributed by atoms with Gasteiger partial charge in [0, 0.05) is 18.4 Å². The SMILES string of the molecule is CC1CCCC(n2ccnc2C#N)C1. The molecule has 2 atom stereocenters. The van der Waals surface area contributed by atoms with Gasteiger partial charge in [0.2, 0.25) is 5.82 Å². The fourth-order valence-corrected chi connectivity index (χ4v) is 2.35. The van der Waals surface area contributed by atoms with Gasteiger partial charge in [-0.05, 0) is 18.8 Å². The molecular formula is C11H15N3. The van der Waals surface area contributed by atoms with Crippen molar-refractivity contribution >= 4 is 0 Å². The van der Waals surface area contributed by atoms with Crippen molar-refractivity contribution in [3.05, 3.63) is 18.2 Å². The summed E-state index contributed by atoms with van der Waals surface area (Å²) in [5.74, 6) is 1.34.